The van der Waals surface area contributed by atoms with Crippen molar-refractivity contribution in [2.45, 2.75) is 116 Å². The lowest BCUT2D eigenvalue weighted by molar-refractivity contribution is -0.121. The summed E-state index contributed by atoms with van der Waals surface area (Å²) in [4.78, 5) is 35.7. The normalized spacial score (nSPS) is 11.7. The highest BCUT2D eigenvalue weighted by Gasteiger charge is 2.20. The van der Waals surface area contributed by atoms with Gasteiger partial charge in [-0.2, -0.15) is 0 Å². The maximum absolute atomic E-state index is 12.4. The van der Waals surface area contributed by atoms with E-state index in [1.165, 1.54) is 63.1 Å². The molecule has 1 atom stereocenters. The smallest absolute Gasteiger partial charge is 0.423 e. The average molecular weight is 589 g/mol. The fraction of sp³-hybridized carbons (Fsp3) is 0.700. The van der Waals surface area contributed by atoms with Crippen molar-refractivity contribution in [2.75, 3.05) is 20.1 Å². The molecule has 2 amide bonds. The molecular weight excluding hydrogens is 536 g/mol. The van der Waals surface area contributed by atoms with Gasteiger partial charge in [-0.25, -0.2) is 0 Å². The summed E-state index contributed by atoms with van der Waals surface area (Å²) < 4.78 is 0. The molecule has 10 nitrogen and oxygen atoms in total. The Morgan fingerprint density at radius 1 is 0.667 bits per heavy atom. The number of rotatable bonds is 25. The number of hydrogen-bond donors (Lipinski definition) is 7. The van der Waals surface area contributed by atoms with Crippen molar-refractivity contribution in [1.82, 2.24) is 16.0 Å². The van der Waals surface area contributed by atoms with E-state index in [4.69, 9.17) is 0 Å². The highest BCUT2D eigenvalue weighted by Crippen LogP contribution is 2.12. The summed E-state index contributed by atoms with van der Waals surface area (Å²) in [5.41, 5.74) is 0.210. The average Bonchev–Trinajstić information content (AvgIpc) is 2.96. The summed E-state index contributed by atoms with van der Waals surface area (Å²) in [6.07, 6.45) is 16.7. The van der Waals surface area contributed by atoms with Gasteiger partial charge in [0.1, 0.15) is 5.78 Å². The summed E-state index contributed by atoms with van der Waals surface area (Å²) in [5, 5.41) is 46.2. The second-order valence-electron chi connectivity index (χ2n) is 11.2. The van der Waals surface area contributed by atoms with Crippen LogP contribution in [0.3, 0.4) is 0 Å². The number of hydrogen-bond acceptors (Lipinski definition) is 8. The molecule has 1 aromatic rings. The molecule has 0 bridgehead atoms. The molecule has 0 saturated carbocycles. The Balaban J connectivity index is 1.94. The van der Waals surface area contributed by atoms with Crippen LogP contribution >= 0.6 is 0 Å². The first-order valence-electron chi connectivity index (χ1n) is 15.8. The molecule has 0 radical (unpaired) electrons. The van der Waals surface area contributed by atoms with Crippen LogP contribution in [0.15, 0.2) is 18.2 Å². The van der Waals surface area contributed by atoms with E-state index in [9.17, 15) is 34.5 Å². The van der Waals surface area contributed by atoms with Gasteiger partial charge in [0, 0.05) is 25.1 Å². The summed E-state index contributed by atoms with van der Waals surface area (Å²) in [5.74, 6) is -0.106. The van der Waals surface area contributed by atoms with Crippen molar-refractivity contribution in [1.29, 1.82) is 0 Å². The Labute approximate surface area is 252 Å². The van der Waals surface area contributed by atoms with Crippen LogP contribution in [0.5, 0.6) is 0 Å². The molecule has 0 saturated heterocycles. The molecule has 236 valence electrons. The minimum atomic E-state index is -1.81. The highest BCUT2D eigenvalue weighted by molar-refractivity contribution is 6.62. The number of likely N-dealkylation sites (N-methyl/N-ethyl adjacent to an activating group) is 1. The van der Waals surface area contributed by atoms with Gasteiger partial charge in [0.15, 0.2) is 0 Å². The van der Waals surface area contributed by atoms with Crippen molar-refractivity contribution in [3.8, 4) is 0 Å². The van der Waals surface area contributed by atoms with E-state index in [2.05, 4.69) is 16.0 Å². The number of carbonyl (C=O) groups excluding carboxylic acids is 3. The van der Waals surface area contributed by atoms with Gasteiger partial charge in [0.25, 0.3) is 5.91 Å². The fourth-order valence-electron chi connectivity index (χ4n) is 4.93. The molecule has 1 aromatic carbocycles. The van der Waals surface area contributed by atoms with Crippen LogP contribution < -0.4 is 26.9 Å². The molecule has 0 aliphatic heterocycles. The molecule has 7 N–H and O–H groups in total. The van der Waals surface area contributed by atoms with E-state index in [1.807, 2.05) is 0 Å². The van der Waals surface area contributed by atoms with Crippen molar-refractivity contribution < 1.29 is 34.5 Å². The fourth-order valence-corrected chi connectivity index (χ4v) is 4.93. The monoisotopic (exact) mass is 589 g/mol. The predicted molar refractivity (Wildman–Crippen MR) is 169 cm³/mol. The van der Waals surface area contributed by atoms with Crippen molar-refractivity contribution in [2.24, 2.45) is 0 Å². The lowest BCUT2D eigenvalue weighted by Gasteiger charge is -2.12. The highest BCUT2D eigenvalue weighted by atomic mass is 16.4. The minimum Gasteiger partial charge on any atom is -0.423 e. The van der Waals surface area contributed by atoms with Crippen LogP contribution in [0.25, 0.3) is 0 Å². The van der Waals surface area contributed by atoms with E-state index in [1.54, 1.807) is 14.0 Å². The summed E-state index contributed by atoms with van der Waals surface area (Å²) in [6.45, 7) is 2.78. The second kappa shape index (κ2) is 23.2. The Morgan fingerprint density at radius 3 is 1.60 bits per heavy atom. The molecule has 0 unspecified atom stereocenters. The van der Waals surface area contributed by atoms with Crippen LogP contribution in [-0.4, -0.2) is 78.1 Å². The van der Waals surface area contributed by atoms with E-state index >= 15 is 0 Å². The lowest BCUT2D eigenvalue weighted by atomic mass is 9.72. The predicted octanol–water partition coefficient (Wildman–Crippen LogP) is 1.31. The number of nitrogens with one attached hydrogen (secondary N) is 3. The maximum atomic E-state index is 12.4. The quantitative estimate of drug-likeness (QED) is 0.0662. The van der Waals surface area contributed by atoms with Gasteiger partial charge in [-0.3, -0.25) is 14.4 Å². The summed E-state index contributed by atoms with van der Waals surface area (Å²) >= 11 is 0. The van der Waals surface area contributed by atoms with Crippen LogP contribution in [0.4, 0.5) is 0 Å². The molecule has 0 heterocycles. The molecule has 0 fully saturated rings. The van der Waals surface area contributed by atoms with E-state index in [0.29, 0.717) is 19.5 Å². The number of ketones is 1. The topological polar surface area (TPSA) is 168 Å². The third-order valence-electron chi connectivity index (χ3n) is 7.53. The van der Waals surface area contributed by atoms with Gasteiger partial charge >= 0.3 is 14.2 Å². The standard InChI is InChI=1S/C30H53B2N3O7/c1-24(36)28(33-2)17-14-16-19-34-29(37)18-13-11-9-7-5-3-4-6-8-10-12-15-20-35-30(38)25-21-26(31(39)40)23-27(22-25)32(41)42/h21-23,28,33,39-42H,3-20H2,1-2H3,(H,34,37)(H,35,38)/t28-/m0/s1. The Bertz CT molecular complexity index is 893. The van der Waals surface area contributed by atoms with Crippen LogP contribution in [0.1, 0.15) is 120 Å². The van der Waals surface area contributed by atoms with Gasteiger partial charge in [-0.15, -0.1) is 0 Å². The number of benzene rings is 1. The molecule has 0 aliphatic rings. The molecule has 0 aromatic heterocycles. The first-order chi connectivity index (χ1) is 20.1. The van der Waals surface area contributed by atoms with Gasteiger partial charge in [-0.1, -0.05) is 70.3 Å². The second-order valence-corrected chi connectivity index (χ2v) is 11.2. The number of amides is 2. The van der Waals surface area contributed by atoms with E-state index < -0.39 is 14.2 Å². The first kappa shape index (κ1) is 37.8. The molecule has 0 spiro atoms. The summed E-state index contributed by atoms with van der Waals surface area (Å²) in [7, 11) is -1.81. The number of Topliss-reactive ketones (excluding diaryl/α,β-unsaturated/α-hetero) is 1. The first-order valence-corrected chi connectivity index (χ1v) is 15.8. The number of unbranched alkanes of at least 4 members (excludes halogenated alkanes) is 12. The van der Waals surface area contributed by atoms with Crippen molar-refractivity contribution in [3.05, 3.63) is 23.8 Å². The Morgan fingerprint density at radius 2 is 1.12 bits per heavy atom. The van der Waals surface area contributed by atoms with Gasteiger partial charge in [0.2, 0.25) is 5.91 Å². The Hall–Kier alpha value is -2.24. The largest absolute Gasteiger partial charge is 0.488 e. The van der Waals surface area contributed by atoms with Crippen LogP contribution in [0, 0.1) is 0 Å². The number of carbonyl (C=O) groups is 3. The summed E-state index contributed by atoms with van der Waals surface area (Å²) in [6, 6.07) is 3.81. The van der Waals surface area contributed by atoms with Crippen molar-refractivity contribution >= 4 is 42.8 Å². The van der Waals surface area contributed by atoms with E-state index in [-0.39, 0.29) is 40.1 Å². The zero-order valence-electron chi connectivity index (χ0n) is 25.7. The zero-order chi connectivity index (χ0) is 31.2. The van der Waals surface area contributed by atoms with Gasteiger partial charge in [-0.05, 0) is 69.1 Å². The third-order valence-corrected chi connectivity index (χ3v) is 7.53. The van der Waals surface area contributed by atoms with Crippen LogP contribution in [0.2, 0.25) is 0 Å². The molecule has 1 rings (SSSR count). The SMILES string of the molecule is CN[C@@H](CCCCNC(=O)CCCCCCCCCCCCCCNC(=O)c1cc(B(O)O)cc(B(O)O)c1)C(C)=O. The minimum absolute atomic E-state index is 0.0276. The Kier molecular flexibility index (Phi) is 20.9. The lowest BCUT2D eigenvalue weighted by Crippen LogP contribution is -2.40. The van der Waals surface area contributed by atoms with E-state index in [0.717, 1.165) is 51.4 Å². The van der Waals surface area contributed by atoms with Crippen LogP contribution in [-0.2, 0) is 9.59 Å². The maximum Gasteiger partial charge on any atom is 0.488 e. The zero-order valence-corrected chi connectivity index (χ0v) is 25.7. The van der Waals surface area contributed by atoms with Gasteiger partial charge < -0.3 is 36.0 Å². The molecule has 12 heteroatoms. The molecule has 0 aliphatic carbocycles. The molecular formula is C30H53B2N3O7. The third kappa shape index (κ3) is 17.7. The molecule has 42 heavy (non-hydrogen) atoms. The van der Waals surface area contributed by atoms with Gasteiger partial charge in [0.05, 0.1) is 6.04 Å². The van der Waals surface area contributed by atoms with Crippen molar-refractivity contribution in [3.63, 3.8) is 0 Å².